The number of nitrogens with two attached hydrogens (primary N) is 2. The molecular weight excluding hydrogens is 266 g/mol. The van der Waals surface area contributed by atoms with E-state index in [0.29, 0.717) is 11.1 Å². The Morgan fingerprint density at radius 3 is 2.29 bits per heavy atom. The lowest BCUT2D eigenvalue weighted by atomic mass is 9.97. The molecule has 5 heteroatoms. The van der Waals surface area contributed by atoms with Gasteiger partial charge >= 0.3 is 0 Å². The summed E-state index contributed by atoms with van der Waals surface area (Å²) in [7, 11) is 0. The van der Waals surface area contributed by atoms with Crippen LogP contribution in [0.25, 0.3) is 21.8 Å². The van der Waals surface area contributed by atoms with E-state index in [-0.39, 0.29) is 0 Å². The van der Waals surface area contributed by atoms with Crippen molar-refractivity contribution in [3.8, 4) is 0 Å². The van der Waals surface area contributed by atoms with Crippen LogP contribution in [-0.4, -0.2) is 16.8 Å². The number of hydrogen-bond donors (Lipinski definition) is 3. The Bertz CT molecular complexity index is 922. The molecule has 0 fully saturated rings. The molecule has 3 aromatic rings. The van der Waals surface area contributed by atoms with Gasteiger partial charge in [0.05, 0.1) is 0 Å². The molecule has 0 aliphatic heterocycles. The normalized spacial score (nSPS) is 11.1. The highest BCUT2D eigenvalue weighted by molar-refractivity contribution is 6.19. The van der Waals surface area contributed by atoms with Crippen molar-refractivity contribution in [2.45, 2.75) is 13.8 Å². The van der Waals surface area contributed by atoms with Gasteiger partial charge in [-0.2, -0.15) is 0 Å². The quantitative estimate of drug-likeness (QED) is 0.670. The fraction of sp³-hybridized carbons (Fsp3) is 0.125. The van der Waals surface area contributed by atoms with Gasteiger partial charge in [-0.25, -0.2) is 0 Å². The number of benzene rings is 2. The van der Waals surface area contributed by atoms with Gasteiger partial charge in [0, 0.05) is 32.9 Å². The van der Waals surface area contributed by atoms with Crippen LogP contribution >= 0.6 is 0 Å². The van der Waals surface area contributed by atoms with Gasteiger partial charge in [0.15, 0.2) is 0 Å². The molecule has 0 unspecified atom stereocenters. The molecule has 0 radical (unpaired) electrons. The number of hydrogen-bond acceptors (Lipinski definition) is 2. The van der Waals surface area contributed by atoms with Crippen LogP contribution in [0.5, 0.6) is 0 Å². The molecule has 0 spiro atoms. The third-order valence-electron chi connectivity index (χ3n) is 4.02. The Balaban J connectivity index is 2.57. The number of primary amides is 2. The maximum atomic E-state index is 11.6. The van der Waals surface area contributed by atoms with Crippen molar-refractivity contribution in [3.05, 3.63) is 46.5 Å². The summed E-state index contributed by atoms with van der Waals surface area (Å²) in [6.45, 7) is 3.78. The molecule has 5 N–H and O–H groups in total. The second-order valence-electron chi connectivity index (χ2n) is 5.18. The van der Waals surface area contributed by atoms with Gasteiger partial charge in [0.1, 0.15) is 0 Å². The zero-order valence-electron chi connectivity index (χ0n) is 11.8. The number of carbonyl (C=O) groups excluding carboxylic acids is 2. The lowest BCUT2D eigenvalue weighted by Crippen LogP contribution is -2.13. The average Bonchev–Trinajstić information content (AvgIpc) is 2.81. The molecule has 0 atom stereocenters. The van der Waals surface area contributed by atoms with Gasteiger partial charge in [0.2, 0.25) is 11.8 Å². The fourth-order valence-corrected chi connectivity index (χ4v) is 2.82. The second kappa shape index (κ2) is 4.34. The van der Waals surface area contributed by atoms with Crippen molar-refractivity contribution in [2.24, 2.45) is 11.5 Å². The first-order valence-corrected chi connectivity index (χ1v) is 6.56. The van der Waals surface area contributed by atoms with Crippen LogP contribution in [0.2, 0.25) is 0 Å². The predicted octanol–water partition coefficient (Wildman–Crippen LogP) is 2.14. The number of rotatable bonds is 2. The first-order valence-electron chi connectivity index (χ1n) is 6.56. The summed E-state index contributed by atoms with van der Waals surface area (Å²) < 4.78 is 0. The molecule has 0 aliphatic rings. The monoisotopic (exact) mass is 281 g/mol. The molecule has 5 nitrogen and oxygen atoms in total. The number of aryl methyl sites for hydroxylation is 1. The average molecular weight is 281 g/mol. The summed E-state index contributed by atoms with van der Waals surface area (Å²) in [6, 6.07) is 7.05. The van der Waals surface area contributed by atoms with Crippen molar-refractivity contribution < 1.29 is 9.59 Å². The minimum atomic E-state index is -0.500. The van der Waals surface area contributed by atoms with Crippen LogP contribution in [0, 0.1) is 13.8 Å². The molecule has 2 amide bonds. The molecule has 106 valence electrons. The van der Waals surface area contributed by atoms with Crippen LogP contribution in [0.1, 0.15) is 31.8 Å². The maximum absolute atomic E-state index is 11.6. The highest BCUT2D eigenvalue weighted by atomic mass is 16.1. The summed E-state index contributed by atoms with van der Waals surface area (Å²) in [4.78, 5) is 26.5. The first kappa shape index (κ1) is 13.2. The van der Waals surface area contributed by atoms with Gasteiger partial charge in [-0.3, -0.25) is 9.59 Å². The summed E-state index contributed by atoms with van der Waals surface area (Å²) in [5.41, 5.74) is 15.3. The molecule has 2 aromatic carbocycles. The number of H-pyrrole nitrogens is 1. The number of fused-ring (bicyclic) bond motifs is 3. The van der Waals surface area contributed by atoms with E-state index in [2.05, 4.69) is 4.98 Å². The van der Waals surface area contributed by atoms with Gasteiger partial charge in [-0.1, -0.05) is 6.07 Å². The minimum Gasteiger partial charge on any atom is -0.366 e. The molecule has 0 saturated carbocycles. The summed E-state index contributed by atoms with van der Waals surface area (Å²) in [5, 5.41) is 1.52. The van der Waals surface area contributed by atoms with Crippen molar-refractivity contribution in [1.29, 1.82) is 0 Å². The zero-order valence-corrected chi connectivity index (χ0v) is 11.8. The Hall–Kier alpha value is -2.82. The van der Waals surface area contributed by atoms with Crippen LogP contribution in [-0.2, 0) is 0 Å². The largest absolute Gasteiger partial charge is 0.366 e. The fourth-order valence-electron chi connectivity index (χ4n) is 2.82. The van der Waals surface area contributed by atoms with Crippen molar-refractivity contribution in [1.82, 2.24) is 4.98 Å². The third-order valence-corrected chi connectivity index (χ3v) is 4.02. The van der Waals surface area contributed by atoms with E-state index in [1.165, 1.54) is 0 Å². The predicted molar refractivity (Wildman–Crippen MR) is 82.3 cm³/mol. The van der Waals surface area contributed by atoms with E-state index in [1.54, 1.807) is 18.2 Å². The summed E-state index contributed by atoms with van der Waals surface area (Å²) >= 11 is 0. The number of aromatic nitrogens is 1. The Kier molecular flexibility index (Phi) is 2.73. The van der Waals surface area contributed by atoms with E-state index >= 15 is 0 Å². The van der Waals surface area contributed by atoms with E-state index in [1.807, 2.05) is 19.9 Å². The van der Waals surface area contributed by atoms with Crippen molar-refractivity contribution >= 4 is 33.6 Å². The Morgan fingerprint density at radius 2 is 1.67 bits per heavy atom. The molecule has 1 aromatic heterocycles. The van der Waals surface area contributed by atoms with Crippen molar-refractivity contribution in [3.63, 3.8) is 0 Å². The van der Waals surface area contributed by atoms with Crippen LogP contribution in [0.4, 0.5) is 0 Å². The summed E-state index contributed by atoms with van der Waals surface area (Å²) in [6.07, 6.45) is 0. The highest BCUT2D eigenvalue weighted by Gasteiger charge is 2.17. The SMILES string of the molecule is Cc1c(C(N)=O)cc2c([nH]c3cccc(C(N)=O)c32)c1C. The van der Waals surface area contributed by atoms with Gasteiger partial charge < -0.3 is 16.5 Å². The Labute approximate surface area is 120 Å². The van der Waals surface area contributed by atoms with Crippen LogP contribution in [0.15, 0.2) is 24.3 Å². The van der Waals surface area contributed by atoms with E-state index in [4.69, 9.17) is 11.5 Å². The molecule has 0 aliphatic carbocycles. The first-order chi connectivity index (χ1) is 9.91. The smallest absolute Gasteiger partial charge is 0.249 e. The molecule has 0 bridgehead atoms. The lowest BCUT2D eigenvalue weighted by Gasteiger charge is -2.07. The van der Waals surface area contributed by atoms with Gasteiger partial charge in [-0.05, 0) is 43.2 Å². The second-order valence-corrected chi connectivity index (χ2v) is 5.18. The molecule has 21 heavy (non-hydrogen) atoms. The van der Waals surface area contributed by atoms with E-state index in [0.717, 1.165) is 32.9 Å². The highest BCUT2D eigenvalue weighted by Crippen LogP contribution is 2.33. The third kappa shape index (κ3) is 1.78. The standard InChI is InChI=1S/C16H15N3O2/c1-7-8(2)14-11(6-10(7)16(18)21)13-9(15(17)20)4-3-5-12(13)19-14/h3-6,19H,1-2H3,(H2,17,20)(H2,18,21). The number of amides is 2. The number of aromatic amines is 1. The molecule has 3 rings (SSSR count). The van der Waals surface area contributed by atoms with Gasteiger partial charge in [-0.15, -0.1) is 0 Å². The minimum absolute atomic E-state index is 0.428. The molecule has 1 heterocycles. The van der Waals surface area contributed by atoms with Crippen LogP contribution in [0.3, 0.4) is 0 Å². The Morgan fingerprint density at radius 1 is 1.00 bits per heavy atom. The lowest BCUT2D eigenvalue weighted by molar-refractivity contribution is 0.0992. The number of carbonyl (C=O) groups is 2. The zero-order chi connectivity index (χ0) is 15.3. The summed E-state index contributed by atoms with van der Waals surface area (Å²) in [5.74, 6) is -0.983. The van der Waals surface area contributed by atoms with E-state index in [9.17, 15) is 9.59 Å². The van der Waals surface area contributed by atoms with E-state index < -0.39 is 11.8 Å². The number of nitrogens with one attached hydrogen (secondary N) is 1. The maximum Gasteiger partial charge on any atom is 0.249 e. The van der Waals surface area contributed by atoms with Crippen molar-refractivity contribution in [2.75, 3.05) is 0 Å². The topological polar surface area (TPSA) is 102 Å². The molecular formula is C16H15N3O2. The van der Waals surface area contributed by atoms with Crippen LogP contribution < -0.4 is 11.5 Å². The molecule has 0 saturated heterocycles. The van der Waals surface area contributed by atoms with Gasteiger partial charge in [0.25, 0.3) is 0 Å².